The third-order valence-corrected chi connectivity index (χ3v) is 5.88. The van der Waals surface area contributed by atoms with Gasteiger partial charge in [0, 0.05) is 27.3 Å². The largest absolute Gasteiger partial charge is 0.305 e. The molecular formula is C20H22BrNS. The molecule has 0 bridgehead atoms. The van der Waals surface area contributed by atoms with Crippen LogP contribution in [0.5, 0.6) is 0 Å². The second-order valence-corrected chi connectivity index (χ2v) is 8.12. The summed E-state index contributed by atoms with van der Waals surface area (Å²) >= 11 is 5.41. The van der Waals surface area contributed by atoms with Gasteiger partial charge in [0.1, 0.15) is 0 Å². The molecule has 0 saturated heterocycles. The number of allylic oxidation sites excluding steroid dienone is 3. The van der Waals surface area contributed by atoms with Crippen molar-refractivity contribution in [2.24, 2.45) is 0 Å². The van der Waals surface area contributed by atoms with Gasteiger partial charge in [-0.3, -0.25) is 0 Å². The molecule has 120 valence electrons. The van der Waals surface area contributed by atoms with E-state index in [2.05, 4.69) is 83.0 Å². The lowest BCUT2D eigenvalue weighted by molar-refractivity contribution is 0.563. The minimum Gasteiger partial charge on any atom is -0.305 e. The summed E-state index contributed by atoms with van der Waals surface area (Å²) < 4.78 is 1.17. The lowest BCUT2D eigenvalue weighted by atomic mass is 10.00. The molecule has 2 aromatic rings. The minimum atomic E-state index is 0.356. The molecule has 1 aliphatic rings. The molecule has 3 heteroatoms. The van der Waals surface area contributed by atoms with E-state index in [1.165, 1.54) is 31.6 Å². The maximum Gasteiger partial charge on any atom is 0.0458 e. The highest BCUT2D eigenvalue weighted by Crippen LogP contribution is 2.29. The first-order chi connectivity index (χ1) is 11.1. The van der Waals surface area contributed by atoms with E-state index < -0.39 is 0 Å². The molecule has 1 N–H and O–H groups in total. The summed E-state index contributed by atoms with van der Waals surface area (Å²) in [5.41, 5.74) is 5.55. The van der Waals surface area contributed by atoms with Crippen LogP contribution < -0.4 is 5.32 Å². The van der Waals surface area contributed by atoms with Crippen molar-refractivity contribution in [3.63, 3.8) is 0 Å². The second kappa shape index (κ2) is 7.61. The fourth-order valence-electron chi connectivity index (χ4n) is 3.08. The molecule has 0 radical (unpaired) electrons. The summed E-state index contributed by atoms with van der Waals surface area (Å²) in [4.78, 5) is 1.39. The molecule has 1 heterocycles. The number of halogens is 1. The number of hydrogen-bond donors (Lipinski definition) is 1. The Morgan fingerprint density at radius 3 is 2.57 bits per heavy atom. The van der Waals surface area contributed by atoms with E-state index in [1.54, 1.807) is 0 Å². The van der Waals surface area contributed by atoms with Crippen LogP contribution in [0.3, 0.4) is 0 Å². The number of benzene rings is 1. The molecule has 0 fully saturated rings. The summed E-state index contributed by atoms with van der Waals surface area (Å²) in [6.07, 6.45) is 8.70. The van der Waals surface area contributed by atoms with E-state index in [9.17, 15) is 0 Å². The van der Waals surface area contributed by atoms with E-state index in [0.29, 0.717) is 6.04 Å². The van der Waals surface area contributed by atoms with Gasteiger partial charge in [-0.1, -0.05) is 53.1 Å². The van der Waals surface area contributed by atoms with Crippen LogP contribution in [-0.4, -0.2) is 6.54 Å². The fraction of sp³-hybridized carbons (Fsp3) is 0.300. The second-order valence-electron chi connectivity index (χ2n) is 6.26. The maximum atomic E-state index is 3.76. The van der Waals surface area contributed by atoms with Crippen LogP contribution in [0.15, 0.2) is 57.9 Å². The molecule has 1 nitrogen and oxygen atoms in total. The zero-order valence-corrected chi connectivity index (χ0v) is 16.0. The summed E-state index contributed by atoms with van der Waals surface area (Å²) in [6, 6.07) is 9.45. The zero-order chi connectivity index (χ0) is 16.2. The smallest absolute Gasteiger partial charge is 0.0458 e. The van der Waals surface area contributed by atoms with E-state index in [-0.39, 0.29) is 0 Å². The van der Waals surface area contributed by atoms with Crippen molar-refractivity contribution in [3.05, 3.63) is 79.5 Å². The van der Waals surface area contributed by atoms with Crippen molar-refractivity contribution in [3.8, 4) is 0 Å². The molecule has 0 amide bonds. The van der Waals surface area contributed by atoms with Gasteiger partial charge in [-0.2, -0.15) is 0 Å². The van der Waals surface area contributed by atoms with Gasteiger partial charge in [0.2, 0.25) is 0 Å². The molecule has 0 aliphatic heterocycles. The van der Waals surface area contributed by atoms with Crippen LogP contribution in [0.1, 0.15) is 34.0 Å². The normalized spacial score (nSPS) is 15.0. The monoisotopic (exact) mass is 387 g/mol. The van der Waals surface area contributed by atoms with Gasteiger partial charge in [0.05, 0.1) is 0 Å². The lowest BCUT2D eigenvalue weighted by Gasteiger charge is -2.19. The van der Waals surface area contributed by atoms with Crippen molar-refractivity contribution in [1.82, 2.24) is 5.32 Å². The number of rotatable bonds is 6. The topological polar surface area (TPSA) is 12.0 Å². The predicted molar refractivity (Wildman–Crippen MR) is 104 cm³/mol. The standard InChI is InChI=1S/C20H22BrNS/c1-14-7-15(2)9-17(8-14)10-19(20-11-18(21)13-23-20)22-12-16-5-3-4-6-16/h3-5,7-9,11,13,19,22H,6,10,12H2,1-2H3. The van der Waals surface area contributed by atoms with Crippen LogP contribution in [0, 0.1) is 13.8 Å². The van der Waals surface area contributed by atoms with Gasteiger partial charge in [-0.25, -0.2) is 0 Å². The third kappa shape index (κ3) is 4.66. The van der Waals surface area contributed by atoms with E-state index in [4.69, 9.17) is 0 Å². The van der Waals surface area contributed by atoms with Crippen molar-refractivity contribution in [1.29, 1.82) is 0 Å². The van der Waals surface area contributed by atoms with Crippen LogP contribution in [0.4, 0.5) is 0 Å². The Morgan fingerprint density at radius 2 is 1.96 bits per heavy atom. The predicted octanol–water partition coefficient (Wildman–Crippen LogP) is 5.89. The number of thiophene rings is 1. The first-order valence-electron chi connectivity index (χ1n) is 7.99. The maximum absolute atomic E-state index is 3.76. The van der Waals surface area contributed by atoms with E-state index >= 15 is 0 Å². The molecule has 0 spiro atoms. The average molecular weight is 388 g/mol. The van der Waals surface area contributed by atoms with Gasteiger partial charge in [-0.15, -0.1) is 11.3 Å². The Kier molecular flexibility index (Phi) is 5.52. The van der Waals surface area contributed by atoms with Crippen LogP contribution >= 0.6 is 27.3 Å². The molecule has 23 heavy (non-hydrogen) atoms. The van der Waals surface area contributed by atoms with Crippen molar-refractivity contribution in [2.45, 2.75) is 32.7 Å². The number of nitrogens with one attached hydrogen (secondary N) is 1. The zero-order valence-electron chi connectivity index (χ0n) is 13.6. The Balaban J connectivity index is 1.76. The fourth-order valence-corrected chi connectivity index (χ4v) is 4.61. The molecule has 1 atom stereocenters. The molecule has 0 saturated carbocycles. The quantitative estimate of drug-likeness (QED) is 0.651. The molecule has 1 unspecified atom stereocenters. The summed E-state index contributed by atoms with van der Waals surface area (Å²) in [6.45, 7) is 5.31. The summed E-state index contributed by atoms with van der Waals surface area (Å²) in [7, 11) is 0. The lowest BCUT2D eigenvalue weighted by Crippen LogP contribution is -2.24. The summed E-state index contributed by atoms with van der Waals surface area (Å²) in [5.74, 6) is 0. The SMILES string of the molecule is Cc1cc(C)cc(CC(NCC2=CC=CC2)c2cc(Br)cs2)c1. The Labute approximate surface area is 151 Å². The first kappa shape index (κ1) is 16.7. The van der Waals surface area contributed by atoms with Gasteiger partial charge in [-0.05, 0) is 54.2 Å². The van der Waals surface area contributed by atoms with Crippen molar-refractivity contribution in [2.75, 3.05) is 6.54 Å². The first-order valence-corrected chi connectivity index (χ1v) is 9.66. The Bertz CT molecular complexity index is 722. The highest BCUT2D eigenvalue weighted by Gasteiger charge is 2.15. The molecular weight excluding hydrogens is 366 g/mol. The van der Waals surface area contributed by atoms with Crippen molar-refractivity contribution >= 4 is 27.3 Å². The van der Waals surface area contributed by atoms with Gasteiger partial charge >= 0.3 is 0 Å². The number of aryl methyl sites for hydroxylation is 2. The van der Waals surface area contributed by atoms with Crippen LogP contribution in [0.25, 0.3) is 0 Å². The third-order valence-electron chi connectivity index (χ3n) is 4.08. The van der Waals surface area contributed by atoms with E-state index in [0.717, 1.165) is 19.4 Å². The molecule has 1 aliphatic carbocycles. The highest BCUT2D eigenvalue weighted by atomic mass is 79.9. The Morgan fingerprint density at radius 1 is 1.17 bits per heavy atom. The molecule has 1 aromatic carbocycles. The molecule has 3 rings (SSSR count). The van der Waals surface area contributed by atoms with Crippen molar-refractivity contribution < 1.29 is 0 Å². The van der Waals surface area contributed by atoms with Gasteiger partial charge < -0.3 is 5.32 Å². The minimum absolute atomic E-state index is 0.356. The molecule has 1 aromatic heterocycles. The summed E-state index contributed by atoms with van der Waals surface area (Å²) in [5, 5.41) is 5.93. The highest BCUT2D eigenvalue weighted by molar-refractivity contribution is 9.10. The average Bonchev–Trinajstić information content (AvgIpc) is 3.14. The van der Waals surface area contributed by atoms with Gasteiger partial charge in [0.15, 0.2) is 0 Å². The van der Waals surface area contributed by atoms with Crippen LogP contribution in [0.2, 0.25) is 0 Å². The number of hydrogen-bond acceptors (Lipinski definition) is 2. The van der Waals surface area contributed by atoms with Gasteiger partial charge in [0.25, 0.3) is 0 Å². The van der Waals surface area contributed by atoms with E-state index in [1.807, 2.05) is 11.3 Å². The van der Waals surface area contributed by atoms with Crippen LogP contribution in [-0.2, 0) is 6.42 Å². The Hall–Kier alpha value is -1.16.